The molecule has 0 fully saturated rings. The van der Waals surface area contributed by atoms with E-state index in [1.54, 1.807) is 11.8 Å². The molecule has 14 heavy (non-hydrogen) atoms. The SMILES string of the molecule is CSc1c(C=O)sc2ccc(S)cc12. The third kappa shape index (κ3) is 1.58. The Balaban J connectivity index is 2.81. The summed E-state index contributed by atoms with van der Waals surface area (Å²) < 4.78 is 1.15. The van der Waals surface area contributed by atoms with Gasteiger partial charge >= 0.3 is 0 Å². The van der Waals surface area contributed by atoms with Gasteiger partial charge in [-0.3, -0.25) is 4.79 Å². The summed E-state index contributed by atoms with van der Waals surface area (Å²) in [4.78, 5) is 13.6. The number of carbonyl (C=O) groups is 1. The zero-order valence-electron chi connectivity index (χ0n) is 7.48. The lowest BCUT2D eigenvalue weighted by atomic mass is 10.2. The highest BCUT2D eigenvalue weighted by Crippen LogP contribution is 2.37. The molecule has 0 atom stereocenters. The van der Waals surface area contributed by atoms with Gasteiger partial charge in [0.2, 0.25) is 0 Å². The van der Waals surface area contributed by atoms with Crippen molar-refractivity contribution in [1.82, 2.24) is 0 Å². The minimum atomic E-state index is 0.812. The van der Waals surface area contributed by atoms with Gasteiger partial charge in [-0.2, -0.15) is 0 Å². The lowest BCUT2D eigenvalue weighted by Crippen LogP contribution is -1.74. The molecule has 0 saturated heterocycles. The van der Waals surface area contributed by atoms with Gasteiger partial charge < -0.3 is 0 Å². The molecule has 0 radical (unpaired) electrons. The van der Waals surface area contributed by atoms with Gasteiger partial charge in [-0.05, 0) is 24.5 Å². The molecule has 0 aliphatic carbocycles. The number of hydrogen-bond donors (Lipinski definition) is 1. The van der Waals surface area contributed by atoms with Gasteiger partial charge in [0, 0.05) is 19.9 Å². The number of hydrogen-bond acceptors (Lipinski definition) is 4. The second-order valence-electron chi connectivity index (χ2n) is 2.80. The molecule has 2 rings (SSSR count). The molecular formula is C10H8OS3. The summed E-state index contributed by atoms with van der Waals surface area (Å²) in [6.07, 6.45) is 2.91. The number of rotatable bonds is 2. The first kappa shape index (κ1) is 10.1. The van der Waals surface area contributed by atoms with Crippen molar-refractivity contribution in [3.05, 3.63) is 23.1 Å². The van der Waals surface area contributed by atoms with E-state index in [0.717, 1.165) is 31.0 Å². The van der Waals surface area contributed by atoms with Crippen molar-refractivity contribution >= 4 is 52.1 Å². The Bertz CT molecular complexity index is 487. The topological polar surface area (TPSA) is 17.1 Å². The third-order valence-electron chi connectivity index (χ3n) is 1.96. The highest BCUT2D eigenvalue weighted by atomic mass is 32.2. The monoisotopic (exact) mass is 240 g/mol. The summed E-state index contributed by atoms with van der Waals surface area (Å²) in [7, 11) is 0. The summed E-state index contributed by atoms with van der Waals surface area (Å²) in [6, 6.07) is 5.96. The molecule has 1 aromatic carbocycles. The van der Waals surface area contributed by atoms with E-state index in [1.807, 2.05) is 24.5 Å². The maximum absolute atomic E-state index is 10.8. The smallest absolute Gasteiger partial charge is 0.161 e. The first-order valence-electron chi connectivity index (χ1n) is 4.01. The molecule has 0 aliphatic heterocycles. The first-order chi connectivity index (χ1) is 6.76. The van der Waals surface area contributed by atoms with Crippen LogP contribution in [0.3, 0.4) is 0 Å². The van der Waals surface area contributed by atoms with Crippen LogP contribution in [0.25, 0.3) is 10.1 Å². The van der Waals surface area contributed by atoms with E-state index >= 15 is 0 Å². The molecule has 0 saturated carbocycles. The molecule has 0 N–H and O–H groups in total. The van der Waals surface area contributed by atoms with Gasteiger partial charge in [0.1, 0.15) is 0 Å². The van der Waals surface area contributed by atoms with Crippen LogP contribution in [0.1, 0.15) is 9.67 Å². The van der Waals surface area contributed by atoms with E-state index < -0.39 is 0 Å². The van der Waals surface area contributed by atoms with Crippen LogP contribution in [-0.4, -0.2) is 12.5 Å². The van der Waals surface area contributed by atoms with Crippen molar-refractivity contribution in [2.75, 3.05) is 6.26 Å². The maximum atomic E-state index is 10.8. The Morgan fingerprint density at radius 3 is 2.93 bits per heavy atom. The van der Waals surface area contributed by atoms with Gasteiger partial charge in [-0.1, -0.05) is 0 Å². The molecule has 2 aromatic rings. The lowest BCUT2D eigenvalue weighted by Gasteiger charge is -1.95. The summed E-state index contributed by atoms with van der Waals surface area (Å²) in [5.41, 5.74) is 0. The van der Waals surface area contributed by atoms with E-state index in [0.29, 0.717) is 0 Å². The number of benzene rings is 1. The van der Waals surface area contributed by atoms with Crippen molar-refractivity contribution in [2.24, 2.45) is 0 Å². The summed E-state index contributed by atoms with van der Waals surface area (Å²) in [6.45, 7) is 0. The van der Waals surface area contributed by atoms with Crippen molar-refractivity contribution < 1.29 is 4.79 Å². The minimum absolute atomic E-state index is 0.812. The average Bonchev–Trinajstić information content (AvgIpc) is 2.54. The van der Waals surface area contributed by atoms with Crippen LogP contribution in [0.2, 0.25) is 0 Å². The molecule has 72 valence electrons. The molecule has 0 amide bonds. The quantitative estimate of drug-likeness (QED) is 0.489. The highest BCUT2D eigenvalue weighted by molar-refractivity contribution is 7.99. The van der Waals surface area contributed by atoms with Crippen LogP contribution in [0.15, 0.2) is 28.0 Å². The fraction of sp³-hybridized carbons (Fsp3) is 0.100. The highest BCUT2D eigenvalue weighted by Gasteiger charge is 2.10. The molecule has 0 bridgehead atoms. The van der Waals surface area contributed by atoms with Gasteiger partial charge in [0.05, 0.1) is 4.88 Å². The predicted molar refractivity (Wildman–Crippen MR) is 66.2 cm³/mol. The van der Waals surface area contributed by atoms with Crippen LogP contribution in [-0.2, 0) is 0 Å². The van der Waals surface area contributed by atoms with Gasteiger partial charge in [0.15, 0.2) is 6.29 Å². The van der Waals surface area contributed by atoms with Crippen LogP contribution in [0, 0.1) is 0 Å². The van der Waals surface area contributed by atoms with Crippen LogP contribution < -0.4 is 0 Å². The standard InChI is InChI=1S/C10H8OS3/c1-13-10-7-4-6(12)2-3-8(7)14-9(10)5-11/h2-5,12H,1H3. The fourth-order valence-corrected chi connectivity index (χ4v) is 3.55. The number of carbonyl (C=O) groups excluding carboxylic acids is 1. The van der Waals surface area contributed by atoms with E-state index in [-0.39, 0.29) is 0 Å². The molecule has 1 nitrogen and oxygen atoms in total. The molecule has 0 unspecified atom stereocenters. The number of thiophene rings is 1. The molecule has 4 heteroatoms. The Labute approximate surface area is 95.9 Å². The van der Waals surface area contributed by atoms with Crippen LogP contribution >= 0.6 is 35.7 Å². The van der Waals surface area contributed by atoms with Gasteiger partial charge in [-0.15, -0.1) is 35.7 Å². The minimum Gasteiger partial charge on any atom is -0.297 e. The normalized spacial score (nSPS) is 10.7. The van der Waals surface area contributed by atoms with Gasteiger partial charge in [0.25, 0.3) is 0 Å². The molecule has 1 heterocycles. The molecule has 0 aliphatic rings. The van der Waals surface area contributed by atoms with Crippen LogP contribution in [0.5, 0.6) is 0 Å². The van der Waals surface area contributed by atoms with E-state index in [2.05, 4.69) is 12.6 Å². The Hall–Kier alpha value is -0.450. The number of thioether (sulfide) groups is 1. The zero-order valence-corrected chi connectivity index (χ0v) is 10.0. The Morgan fingerprint density at radius 1 is 1.50 bits per heavy atom. The van der Waals surface area contributed by atoms with Crippen molar-refractivity contribution in [2.45, 2.75) is 9.79 Å². The first-order valence-corrected chi connectivity index (χ1v) is 6.50. The zero-order chi connectivity index (χ0) is 10.1. The second kappa shape index (κ2) is 3.96. The Morgan fingerprint density at radius 2 is 2.29 bits per heavy atom. The number of aldehydes is 1. The van der Waals surface area contributed by atoms with E-state index in [1.165, 1.54) is 11.3 Å². The summed E-state index contributed by atoms with van der Waals surface area (Å²) in [5, 5.41) is 1.14. The van der Waals surface area contributed by atoms with Crippen molar-refractivity contribution in [3.8, 4) is 0 Å². The summed E-state index contributed by atoms with van der Waals surface area (Å²) >= 11 is 7.44. The summed E-state index contributed by atoms with van der Waals surface area (Å²) in [5.74, 6) is 0. The van der Waals surface area contributed by atoms with E-state index in [4.69, 9.17) is 0 Å². The molecular weight excluding hydrogens is 232 g/mol. The Kier molecular flexibility index (Phi) is 2.85. The van der Waals surface area contributed by atoms with Crippen LogP contribution in [0.4, 0.5) is 0 Å². The third-order valence-corrected chi connectivity index (χ3v) is 4.31. The number of thiol groups is 1. The largest absolute Gasteiger partial charge is 0.297 e. The van der Waals surface area contributed by atoms with E-state index in [9.17, 15) is 4.79 Å². The molecule has 0 spiro atoms. The number of fused-ring (bicyclic) bond motifs is 1. The lowest BCUT2D eigenvalue weighted by molar-refractivity contribution is 0.112. The van der Waals surface area contributed by atoms with Crippen molar-refractivity contribution in [1.29, 1.82) is 0 Å². The maximum Gasteiger partial charge on any atom is 0.161 e. The predicted octanol–water partition coefficient (Wildman–Crippen LogP) is 3.72. The fourth-order valence-electron chi connectivity index (χ4n) is 1.37. The second-order valence-corrected chi connectivity index (χ2v) is 5.21. The van der Waals surface area contributed by atoms with Gasteiger partial charge in [-0.25, -0.2) is 0 Å². The van der Waals surface area contributed by atoms with Crippen molar-refractivity contribution in [3.63, 3.8) is 0 Å². The molecule has 1 aromatic heterocycles. The average molecular weight is 240 g/mol.